The van der Waals surface area contributed by atoms with E-state index in [-0.39, 0.29) is 11.3 Å². The fourth-order valence-electron chi connectivity index (χ4n) is 2.63. The molecule has 0 aliphatic carbocycles. The Kier molecular flexibility index (Phi) is 5.91. The highest BCUT2D eigenvalue weighted by molar-refractivity contribution is 6.30. The van der Waals surface area contributed by atoms with E-state index in [2.05, 4.69) is 5.32 Å². The van der Waals surface area contributed by atoms with Crippen LogP contribution < -0.4 is 10.1 Å². The van der Waals surface area contributed by atoms with Gasteiger partial charge in [0.05, 0.1) is 0 Å². The molecule has 3 rings (SSSR count). The number of ether oxygens (including phenoxy) is 1. The molecule has 0 atom stereocenters. The first-order valence-corrected chi connectivity index (χ1v) is 8.85. The molecule has 0 aromatic heterocycles. The predicted molar refractivity (Wildman–Crippen MR) is 105 cm³/mol. The topological polar surface area (TPSA) is 99.0 Å². The molecule has 0 bridgehead atoms. The Bertz CT molecular complexity index is 965. The Morgan fingerprint density at radius 2 is 1.61 bits per heavy atom. The molecule has 1 amide bonds. The van der Waals surface area contributed by atoms with Crippen LogP contribution in [0.2, 0.25) is 5.02 Å². The summed E-state index contributed by atoms with van der Waals surface area (Å²) in [6.07, 6.45) is 0.544. The first-order chi connectivity index (χ1) is 13.4. The molecule has 3 aromatic carbocycles. The molecule has 4 N–H and O–H groups in total. The van der Waals surface area contributed by atoms with Crippen LogP contribution in [0.5, 0.6) is 28.7 Å². The zero-order chi connectivity index (χ0) is 20.1. The van der Waals surface area contributed by atoms with E-state index in [4.69, 9.17) is 16.3 Å². The molecule has 0 aliphatic rings. The Labute approximate surface area is 166 Å². The molecule has 144 valence electrons. The minimum atomic E-state index is -0.629. The van der Waals surface area contributed by atoms with Gasteiger partial charge >= 0.3 is 0 Å². The fourth-order valence-corrected chi connectivity index (χ4v) is 2.81. The molecule has 0 unspecified atom stereocenters. The zero-order valence-electron chi connectivity index (χ0n) is 14.7. The second-order valence-electron chi connectivity index (χ2n) is 6.07. The van der Waals surface area contributed by atoms with Crippen molar-refractivity contribution in [2.24, 2.45) is 0 Å². The van der Waals surface area contributed by atoms with Crippen molar-refractivity contribution in [3.05, 3.63) is 76.8 Å². The van der Waals surface area contributed by atoms with Gasteiger partial charge < -0.3 is 25.4 Å². The van der Waals surface area contributed by atoms with Gasteiger partial charge in [-0.3, -0.25) is 4.79 Å². The van der Waals surface area contributed by atoms with Crippen molar-refractivity contribution >= 4 is 17.5 Å². The molecular weight excluding hydrogens is 382 g/mol. The molecule has 6 nitrogen and oxygen atoms in total. The van der Waals surface area contributed by atoms with Gasteiger partial charge in [-0.05, 0) is 42.3 Å². The quantitative estimate of drug-likeness (QED) is 0.497. The fraction of sp³-hybridized carbons (Fsp3) is 0.0952. The summed E-state index contributed by atoms with van der Waals surface area (Å²) in [5.74, 6) is -0.632. The van der Waals surface area contributed by atoms with E-state index >= 15 is 0 Å². The van der Waals surface area contributed by atoms with Gasteiger partial charge in [-0.15, -0.1) is 0 Å². The summed E-state index contributed by atoms with van der Waals surface area (Å²) >= 11 is 5.93. The first-order valence-electron chi connectivity index (χ1n) is 8.48. The SMILES string of the molecule is O=C(NCCc1ccc(Oc2cccc(Cl)c2)cc1)c1c(O)cc(O)cc1O. The number of amides is 1. The van der Waals surface area contributed by atoms with E-state index in [0.29, 0.717) is 29.5 Å². The number of carbonyl (C=O) groups is 1. The molecule has 0 saturated carbocycles. The number of benzene rings is 3. The number of phenolic OH excluding ortho intramolecular Hbond substituents is 3. The highest BCUT2D eigenvalue weighted by Crippen LogP contribution is 2.31. The van der Waals surface area contributed by atoms with Crippen LogP contribution in [-0.2, 0) is 6.42 Å². The molecule has 0 saturated heterocycles. The Hall–Kier alpha value is -3.38. The van der Waals surface area contributed by atoms with Crippen molar-refractivity contribution in [1.29, 1.82) is 0 Å². The third-order valence-electron chi connectivity index (χ3n) is 3.96. The molecule has 0 aliphatic heterocycles. The van der Waals surface area contributed by atoms with Crippen molar-refractivity contribution in [1.82, 2.24) is 5.32 Å². The normalized spacial score (nSPS) is 10.5. The second kappa shape index (κ2) is 8.54. The van der Waals surface area contributed by atoms with Gasteiger partial charge in [0.25, 0.3) is 5.91 Å². The lowest BCUT2D eigenvalue weighted by atomic mass is 10.1. The lowest BCUT2D eigenvalue weighted by Crippen LogP contribution is -2.25. The molecule has 3 aromatic rings. The maximum Gasteiger partial charge on any atom is 0.258 e. The van der Waals surface area contributed by atoms with Gasteiger partial charge in [0, 0.05) is 23.7 Å². The van der Waals surface area contributed by atoms with E-state index < -0.39 is 17.4 Å². The minimum Gasteiger partial charge on any atom is -0.508 e. The highest BCUT2D eigenvalue weighted by Gasteiger charge is 2.17. The molecular formula is C21H18ClNO5. The number of rotatable bonds is 6. The average molecular weight is 400 g/mol. The van der Waals surface area contributed by atoms with Gasteiger partial charge in [-0.25, -0.2) is 0 Å². The smallest absolute Gasteiger partial charge is 0.258 e. The van der Waals surface area contributed by atoms with Gasteiger partial charge in [0.15, 0.2) is 0 Å². The molecule has 0 radical (unpaired) electrons. The largest absolute Gasteiger partial charge is 0.508 e. The van der Waals surface area contributed by atoms with Crippen LogP contribution in [-0.4, -0.2) is 27.8 Å². The van der Waals surface area contributed by atoms with Gasteiger partial charge in [0.2, 0.25) is 0 Å². The third-order valence-corrected chi connectivity index (χ3v) is 4.20. The number of halogens is 1. The summed E-state index contributed by atoms with van der Waals surface area (Å²) < 4.78 is 5.72. The number of aromatic hydroxyl groups is 3. The Morgan fingerprint density at radius 1 is 0.929 bits per heavy atom. The molecule has 28 heavy (non-hydrogen) atoms. The molecule has 0 fully saturated rings. The average Bonchev–Trinajstić information content (AvgIpc) is 2.62. The lowest BCUT2D eigenvalue weighted by Gasteiger charge is -2.10. The Balaban J connectivity index is 1.55. The van der Waals surface area contributed by atoms with Gasteiger partial charge in [0.1, 0.15) is 34.3 Å². The molecule has 7 heteroatoms. The van der Waals surface area contributed by atoms with Crippen molar-refractivity contribution in [2.75, 3.05) is 6.54 Å². The zero-order valence-corrected chi connectivity index (χ0v) is 15.5. The summed E-state index contributed by atoms with van der Waals surface area (Å²) in [5.41, 5.74) is 0.695. The van der Waals surface area contributed by atoms with Crippen molar-refractivity contribution < 1.29 is 24.9 Å². The predicted octanol–water partition coefficient (Wildman–Crippen LogP) is 4.22. The highest BCUT2D eigenvalue weighted by atomic mass is 35.5. The summed E-state index contributed by atoms with van der Waals surface area (Å²) in [5, 5.41) is 32.0. The van der Waals surface area contributed by atoms with E-state index in [9.17, 15) is 20.1 Å². The summed E-state index contributed by atoms with van der Waals surface area (Å²) in [7, 11) is 0. The maximum atomic E-state index is 12.1. The maximum absolute atomic E-state index is 12.1. The summed E-state index contributed by atoms with van der Waals surface area (Å²) in [4.78, 5) is 12.1. The monoisotopic (exact) mass is 399 g/mol. The Morgan fingerprint density at radius 3 is 2.25 bits per heavy atom. The number of carbonyl (C=O) groups excluding carboxylic acids is 1. The van der Waals surface area contributed by atoms with Crippen molar-refractivity contribution in [2.45, 2.75) is 6.42 Å². The van der Waals surface area contributed by atoms with E-state index in [1.165, 1.54) is 0 Å². The van der Waals surface area contributed by atoms with Crippen LogP contribution in [0.1, 0.15) is 15.9 Å². The van der Waals surface area contributed by atoms with E-state index in [1.807, 2.05) is 30.3 Å². The molecule has 0 spiro atoms. The van der Waals surface area contributed by atoms with Crippen molar-refractivity contribution in [3.8, 4) is 28.7 Å². The van der Waals surface area contributed by atoms with E-state index in [0.717, 1.165) is 17.7 Å². The lowest BCUT2D eigenvalue weighted by molar-refractivity contribution is 0.0948. The second-order valence-corrected chi connectivity index (χ2v) is 6.50. The van der Waals surface area contributed by atoms with E-state index in [1.54, 1.807) is 18.2 Å². The minimum absolute atomic E-state index is 0.275. The first kappa shape index (κ1) is 19.4. The molecule has 0 heterocycles. The number of hydrogen-bond acceptors (Lipinski definition) is 5. The third kappa shape index (κ3) is 4.86. The number of hydrogen-bond donors (Lipinski definition) is 4. The summed E-state index contributed by atoms with van der Waals surface area (Å²) in [6, 6.07) is 16.5. The summed E-state index contributed by atoms with van der Waals surface area (Å²) in [6.45, 7) is 0.299. The van der Waals surface area contributed by atoms with Crippen LogP contribution >= 0.6 is 11.6 Å². The van der Waals surface area contributed by atoms with Crippen LogP contribution in [0.3, 0.4) is 0 Å². The van der Waals surface area contributed by atoms with Gasteiger partial charge in [-0.1, -0.05) is 29.8 Å². The van der Waals surface area contributed by atoms with Crippen molar-refractivity contribution in [3.63, 3.8) is 0 Å². The van der Waals surface area contributed by atoms with Crippen LogP contribution in [0.4, 0.5) is 0 Å². The van der Waals surface area contributed by atoms with Crippen LogP contribution in [0.15, 0.2) is 60.7 Å². The number of phenols is 3. The van der Waals surface area contributed by atoms with Crippen LogP contribution in [0, 0.1) is 0 Å². The number of nitrogens with one attached hydrogen (secondary N) is 1. The van der Waals surface area contributed by atoms with Gasteiger partial charge in [-0.2, -0.15) is 0 Å². The standard InChI is InChI=1S/C21H18ClNO5/c22-14-2-1-3-17(10-14)28-16-6-4-13(5-7-16)8-9-23-21(27)20-18(25)11-15(24)12-19(20)26/h1-7,10-12,24-26H,8-9H2,(H,23,27). The van der Waals surface area contributed by atoms with Crippen LogP contribution in [0.25, 0.3) is 0 Å².